The van der Waals surface area contributed by atoms with E-state index in [0.29, 0.717) is 22.0 Å². The Morgan fingerprint density at radius 2 is 1.83 bits per heavy atom. The second kappa shape index (κ2) is 6.94. The predicted molar refractivity (Wildman–Crippen MR) is 101 cm³/mol. The molecule has 0 spiro atoms. The third-order valence-corrected chi connectivity index (χ3v) is 6.15. The summed E-state index contributed by atoms with van der Waals surface area (Å²) in [6.45, 7) is 11.7. The molecule has 24 heavy (non-hydrogen) atoms. The first-order chi connectivity index (χ1) is 11.4. The first-order valence-electron chi connectivity index (χ1n) is 9.07. The fourth-order valence-electron chi connectivity index (χ4n) is 4.13. The van der Waals surface area contributed by atoms with Gasteiger partial charge in [-0.15, -0.1) is 0 Å². The minimum Gasteiger partial charge on any atom is -0.370 e. The SMILES string of the molecule is CC(C)(C)C1CCN(C2CCN(c3ccc(C#N)cc3Cl)CC2)C1. The van der Waals surface area contributed by atoms with E-state index in [1.165, 1.54) is 32.4 Å². The molecule has 1 aromatic carbocycles. The van der Waals surface area contributed by atoms with Gasteiger partial charge in [0.15, 0.2) is 0 Å². The third kappa shape index (κ3) is 3.71. The second-order valence-corrected chi connectivity index (χ2v) is 8.75. The summed E-state index contributed by atoms with van der Waals surface area (Å²) < 4.78 is 0. The molecule has 0 bridgehead atoms. The molecule has 0 radical (unpaired) electrons. The van der Waals surface area contributed by atoms with Crippen LogP contribution in [0.1, 0.15) is 45.6 Å². The molecule has 2 aliphatic heterocycles. The van der Waals surface area contributed by atoms with Gasteiger partial charge in [-0.2, -0.15) is 5.26 Å². The van der Waals surface area contributed by atoms with Crippen molar-refractivity contribution in [3.63, 3.8) is 0 Å². The number of hydrogen-bond donors (Lipinski definition) is 0. The van der Waals surface area contributed by atoms with E-state index in [1.54, 1.807) is 6.07 Å². The maximum atomic E-state index is 8.97. The molecular formula is C20H28ClN3. The van der Waals surface area contributed by atoms with Gasteiger partial charge in [0.2, 0.25) is 0 Å². The van der Waals surface area contributed by atoms with E-state index in [9.17, 15) is 0 Å². The van der Waals surface area contributed by atoms with Crippen LogP contribution in [0.3, 0.4) is 0 Å². The van der Waals surface area contributed by atoms with Crippen LogP contribution >= 0.6 is 11.6 Å². The van der Waals surface area contributed by atoms with E-state index >= 15 is 0 Å². The predicted octanol–water partition coefficient (Wildman–Crippen LogP) is 4.55. The Hall–Kier alpha value is -1.24. The molecule has 2 saturated heterocycles. The minimum absolute atomic E-state index is 0.422. The van der Waals surface area contributed by atoms with Crippen LogP contribution in [0.25, 0.3) is 0 Å². The van der Waals surface area contributed by atoms with Crippen molar-refractivity contribution in [2.24, 2.45) is 11.3 Å². The molecule has 2 aliphatic rings. The molecule has 130 valence electrons. The lowest BCUT2D eigenvalue weighted by atomic mass is 9.80. The van der Waals surface area contributed by atoms with Crippen LogP contribution in [0.15, 0.2) is 18.2 Å². The number of likely N-dealkylation sites (tertiary alicyclic amines) is 1. The van der Waals surface area contributed by atoms with Crippen LogP contribution in [0, 0.1) is 22.7 Å². The van der Waals surface area contributed by atoms with E-state index in [-0.39, 0.29) is 0 Å². The monoisotopic (exact) mass is 345 g/mol. The summed E-state index contributed by atoms with van der Waals surface area (Å²) in [5.41, 5.74) is 2.12. The maximum Gasteiger partial charge on any atom is 0.0992 e. The van der Waals surface area contributed by atoms with Crippen LogP contribution in [-0.4, -0.2) is 37.1 Å². The summed E-state index contributed by atoms with van der Waals surface area (Å²) in [5, 5.41) is 9.67. The van der Waals surface area contributed by atoms with Gasteiger partial charge in [0, 0.05) is 25.7 Å². The Morgan fingerprint density at radius 3 is 2.38 bits per heavy atom. The van der Waals surface area contributed by atoms with Crippen molar-refractivity contribution >= 4 is 17.3 Å². The summed E-state index contributed by atoms with van der Waals surface area (Å²) in [5.74, 6) is 0.823. The minimum atomic E-state index is 0.422. The third-order valence-electron chi connectivity index (χ3n) is 5.84. The fraction of sp³-hybridized carbons (Fsp3) is 0.650. The standard InChI is InChI=1S/C20H28ClN3/c1-20(2,3)16-6-9-24(14-16)17-7-10-23(11-8-17)19-5-4-15(13-22)12-18(19)21/h4-5,12,16-17H,6-11,14H2,1-3H3. The zero-order valence-corrected chi connectivity index (χ0v) is 15.8. The first kappa shape index (κ1) is 17.6. The van der Waals surface area contributed by atoms with Crippen LogP contribution in [0.5, 0.6) is 0 Å². The molecule has 2 heterocycles. The average Bonchev–Trinajstić information content (AvgIpc) is 3.05. The van der Waals surface area contributed by atoms with Gasteiger partial charge >= 0.3 is 0 Å². The van der Waals surface area contributed by atoms with Gasteiger partial charge in [0.25, 0.3) is 0 Å². The molecular weight excluding hydrogens is 318 g/mol. The van der Waals surface area contributed by atoms with Crippen LogP contribution < -0.4 is 4.90 Å². The largest absolute Gasteiger partial charge is 0.370 e. The lowest BCUT2D eigenvalue weighted by Crippen LogP contribution is -2.44. The number of nitrogens with zero attached hydrogens (tertiary/aromatic N) is 3. The Balaban J connectivity index is 1.58. The Labute approximate surface area is 151 Å². The van der Waals surface area contributed by atoms with Gasteiger partial charge in [-0.25, -0.2) is 0 Å². The van der Waals surface area contributed by atoms with Crippen LogP contribution in [0.4, 0.5) is 5.69 Å². The van der Waals surface area contributed by atoms with Gasteiger partial charge < -0.3 is 4.90 Å². The lowest BCUT2D eigenvalue weighted by molar-refractivity contribution is 0.174. The van der Waals surface area contributed by atoms with Crippen molar-refractivity contribution in [2.75, 3.05) is 31.1 Å². The first-order valence-corrected chi connectivity index (χ1v) is 9.45. The Kier molecular flexibility index (Phi) is 5.08. The van der Waals surface area contributed by atoms with Crippen LogP contribution in [0.2, 0.25) is 5.02 Å². The molecule has 2 fully saturated rings. The average molecular weight is 346 g/mol. The summed E-state index contributed by atoms with van der Waals surface area (Å²) in [6.07, 6.45) is 3.74. The van der Waals surface area contributed by atoms with E-state index < -0.39 is 0 Å². The number of nitriles is 1. The van der Waals surface area contributed by atoms with Crippen molar-refractivity contribution in [1.29, 1.82) is 5.26 Å². The van der Waals surface area contributed by atoms with Gasteiger partial charge in [-0.1, -0.05) is 32.4 Å². The van der Waals surface area contributed by atoms with Crippen molar-refractivity contribution in [3.8, 4) is 6.07 Å². The number of rotatable bonds is 2. The van der Waals surface area contributed by atoms with Crippen molar-refractivity contribution in [3.05, 3.63) is 28.8 Å². The second-order valence-electron chi connectivity index (χ2n) is 8.34. The number of piperidine rings is 1. The van der Waals surface area contributed by atoms with E-state index in [4.69, 9.17) is 16.9 Å². The summed E-state index contributed by atoms with van der Waals surface area (Å²) in [6, 6.07) is 8.49. The number of halogens is 1. The van der Waals surface area contributed by atoms with Gasteiger partial charge in [0.1, 0.15) is 0 Å². The normalized spacial score (nSPS) is 23.5. The fourth-order valence-corrected chi connectivity index (χ4v) is 4.43. The molecule has 0 amide bonds. The number of hydrogen-bond acceptors (Lipinski definition) is 3. The van der Waals surface area contributed by atoms with Gasteiger partial charge in [-0.3, -0.25) is 4.90 Å². The summed E-state index contributed by atoms with van der Waals surface area (Å²) in [4.78, 5) is 5.09. The maximum absolute atomic E-state index is 8.97. The topological polar surface area (TPSA) is 30.3 Å². The molecule has 3 nitrogen and oxygen atoms in total. The molecule has 1 atom stereocenters. The molecule has 4 heteroatoms. The molecule has 0 N–H and O–H groups in total. The molecule has 1 aromatic rings. The molecule has 0 aliphatic carbocycles. The summed E-state index contributed by atoms with van der Waals surface area (Å²) >= 11 is 6.37. The molecule has 1 unspecified atom stereocenters. The van der Waals surface area contributed by atoms with Crippen molar-refractivity contribution < 1.29 is 0 Å². The van der Waals surface area contributed by atoms with Crippen molar-refractivity contribution in [1.82, 2.24) is 4.90 Å². The molecule has 0 saturated carbocycles. The molecule has 3 rings (SSSR count). The highest BCUT2D eigenvalue weighted by atomic mass is 35.5. The van der Waals surface area contributed by atoms with Crippen molar-refractivity contribution in [2.45, 2.75) is 46.1 Å². The van der Waals surface area contributed by atoms with Gasteiger partial charge in [0.05, 0.1) is 22.3 Å². The number of benzene rings is 1. The van der Waals surface area contributed by atoms with E-state index in [0.717, 1.165) is 24.7 Å². The van der Waals surface area contributed by atoms with Gasteiger partial charge in [-0.05, 0) is 55.3 Å². The zero-order chi connectivity index (χ0) is 17.3. The Morgan fingerprint density at radius 1 is 1.12 bits per heavy atom. The quantitative estimate of drug-likeness (QED) is 0.787. The lowest BCUT2D eigenvalue weighted by Gasteiger charge is -2.38. The Bertz CT molecular complexity index is 621. The van der Waals surface area contributed by atoms with E-state index in [1.807, 2.05) is 12.1 Å². The van der Waals surface area contributed by atoms with Crippen LogP contribution in [-0.2, 0) is 0 Å². The highest BCUT2D eigenvalue weighted by Gasteiger charge is 2.35. The molecule has 0 aromatic heterocycles. The highest BCUT2D eigenvalue weighted by Crippen LogP contribution is 2.36. The number of anilines is 1. The highest BCUT2D eigenvalue weighted by molar-refractivity contribution is 6.33. The van der Waals surface area contributed by atoms with E-state index in [2.05, 4.69) is 36.6 Å². The smallest absolute Gasteiger partial charge is 0.0992 e. The zero-order valence-electron chi connectivity index (χ0n) is 15.1. The summed E-state index contributed by atoms with van der Waals surface area (Å²) in [7, 11) is 0.